The molecule has 0 bridgehead atoms. The lowest BCUT2D eigenvalue weighted by Crippen LogP contribution is -2.38. The lowest BCUT2D eigenvalue weighted by molar-refractivity contribution is 0.405. The third-order valence-electron chi connectivity index (χ3n) is 3.00. The van der Waals surface area contributed by atoms with Crippen molar-refractivity contribution >= 4 is 0 Å². The Morgan fingerprint density at radius 3 is 2.86 bits per heavy atom. The van der Waals surface area contributed by atoms with Crippen LogP contribution in [0.25, 0.3) is 0 Å². The number of hydrogen-bond acceptors (Lipinski definition) is 1. The van der Waals surface area contributed by atoms with Crippen molar-refractivity contribution in [1.29, 1.82) is 0 Å². The Morgan fingerprint density at radius 2 is 2.21 bits per heavy atom. The van der Waals surface area contributed by atoms with Crippen molar-refractivity contribution in [3.8, 4) is 0 Å². The first kappa shape index (κ1) is 9.66. The standard InChI is InChI=1S/C12H16FN/c1-12(7-4-8-14-12)9-10-5-2-3-6-11(10)13/h2-3,5-6,14H,4,7-9H2,1H3/t12-/m1/s1. The van der Waals surface area contributed by atoms with Gasteiger partial charge in [-0.1, -0.05) is 18.2 Å². The van der Waals surface area contributed by atoms with Crippen LogP contribution in [0.3, 0.4) is 0 Å². The average molecular weight is 193 g/mol. The Kier molecular flexibility index (Phi) is 2.55. The van der Waals surface area contributed by atoms with Crippen LogP contribution in [0.5, 0.6) is 0 Å². The predicted molar refractivity (Wildman–Crippen MR) is 55.7 cm³/mol. The van der Waals surface area contributed by atoms with Crippen LogP contribution in [0.1, 0.15) is 25.3 Å². The van der Waals surface area contributed by atoms with Crippen LogP contribution < -0.4 is 5.32 Å². The van der Waals surface area contributed by atoms with E-state index in [1.54, 1.807) is 6.07 Å². The second-order valence-electron chi connectivity index (χ2n) is 4.36. The Hall–Kier alpha value is -0.890. The Labute approximate surface area is 84.3 Å². The van der Waals surface area contributed by atoms with Gasteiger partial charge in [-0.3, -0.25) is 0 Å². The number of rotatable bonds is 2. The van der Waals surface area contributed by atoms with Crippen LogP contribution in [-0.4, -0.2) is 12.1 Å². The van der Waals surface area contributed by atoms with Gasteiger partial charge in [-0.15, -0.1) is 0 Å². The average Bonchev–Trinajstić information content (AvgIpc) is 2.57. The molecular formula is C12H16FN. The van der Waals surface area contributed by atoms with Gasteiger partial charge in [0.1, 0.15) is 5.82 Å². The number of hydrogen-bond donors (Lipinski definition) is 1. The van der Waals surface area contributed by atoms with Crippen LogP contribution in [0.15, 0.2) is 24.3 Å². The molecule has 1 fully saturated rings. The summed E-state index contributed by atoms with van der Waals surface area (Å²) in [6.07, 6.45) is 3.13. The van der Waals surface area contributed by atoms with Gasteiger partial charge in [-0.25, -0.2) is 4.39 Å². The van der Waals surface area contributed by atoms with Gasteiger partial charge >= 0.3 is 0 Å². The molecule has 0 saturated carbocycles. The second-order valence-corrected chi connectivity index (χ2v) is 4.36. The zero-order valence-corrected chi connectivity index (χ0v) is 8.52. The summed E-state index contributed by atoms with van der Waals surface area (Å²) in [4.78, 5) is 0. The Bertz CT molecular complexity index is 316. The van der Waals surface area contributed by atoms with Gasteiger partial charge in [0.15, 0.2) is 0 Å². The molecule has 1 N–H and O–H groups in total. The van der Waals surface area contributed by atoms with Crippen molar-refractivity contribution in [1.82, 2.24) is 5.32 Å². The van der Waals surface area contributed by atoms with Gasteiger partial charge in [0.05, 0.1) is 0 Å². The normalized spacial score (nSPS) is 26.7. The summed E-state index contributed by atoms with van der Waals surface area (Å²) in [5, 5.41) is 3.44. The minimum absolute atomic E-state index is 0.0811. The highest BCUT2D eigenvalue weighted by Gasteiger charge is 2.28. The van der Waals surface area contributed by atoms with Gasteiger partial charge in [0.25, 0.3) is 0 Å². The van der Waals surface area contributed by atoms with E-state index in [0.29, 0.717) is 0 Å². The molecule has 1 saturated heterocycles. The van der Waals surface area contributed by atoms with Crippen molar-refractivity contribution in [2.75, 3.05) is 6.54 Å². The smallest absolute Gasteiger partial charge is 0.126 e. The molecule has 2 rings (SSSR count). The lowest BCUT2D eigenvalue weighted by atomic mass is 9.91. The van der Waals surface area contributed by atoms with E-state index in [4.69, 9.17) is 0 Å². The summed E-state index contributed by atoms with van der Waals surface area (Å²) in [6, 6.07) is 7.05. The van der Waals surface area contributed by atoms with E-state index in [1.165, 1.54) is 12.5 Å². The lowest BCUT2D eigenvalue weighted by Gasteiger charge is -2.24. The number of benzene rings is 1. The van der Waals surface area contributed by atoms with Crippen molar-refractivity contribution < 1.29 is 4.39 Å². The maximum absolute atomic E-state index is 13.4. The SMILES string of the molecule is C[C@]1(Cc2ccccc2F)CCCN1. The van der Waals surface area contributed by atoms with Crippen LogP contribution in [0.2, 0.25) is 0 Å². The zero-order chi connectivity index (χ0) is 10.0. The fourth-order valence-corrected chi connectivity index (χ4v) is 2.17. The molecule has 76 valence electrons. The molecule has 1 aliphatic heterocycles. The maximum Gasteiger partial charge on any atom is 0.126 e. The van der Waals surface area contributed by atoms with E-state index in [-0.39, 0.29) is 11.4 Å². The van der Waals surface area contributed by atoms with Crippen molar-refractivity contribution in [2.24, 2.45) is 0 Å². The molecule has 1 aromatic rings. The van der Waals surface area contributed by atoms with Crippen molar-refractivity contribution in [2.45, 2.75) is 31.7 Å². The molecule has 1 aliphatic rings. The van der Waals surface area contributed by atoms with Gasteiger partial charge in [-0.05, 0) is 44.4 Å². The van der Waals surface area contributed by atoms with Gasteiger partial charge in [-0.2, -0.15) is 0 Å². The largest absolute Gasteiger partial charge is 0.311 e. The van der Waals surface area contributed by atoms with Gasteiger partial charge in [0.2, 0.25) is 0 Å². The Morgan fingerprint density at radius 1 is 1.43 bits per heavy atom. The highest BCUT2D eigenvalue weighted by molar-refractivity contribution is 5.20. The highest BCUT2D eigenvalue weighted by Crippen LogP contribution is 2.24. The van der Waals surface area contributed by atoms with E-state index in [9.17, 15) is 4.39 Å². The van der Waals surface area contributed by atoms with Crippen LogP contribution in [-0.2, 0) is 6.42 Å². The molecule has 1 heterocycles. The first-order valence-electron chi connectivity index (χ1n) is 5.18. The van der Waals surface area contributed by atoms with Crippen molar-refractivity contribution in [3.05, 3.63) is 35.6 Å². The molecule has 0 aliphatic carbocycles. The molecular weight excluding hydrogens is 177 g/mol. The first-order chi connectivity index (χ1) is 6.70. The summed E-state index contributed by atoms with van der Waals surface area (Å²) in [5.41, 5.74) is 0.923. The maximum atomic E-state index is 13.4. The van der Waals surface area contributed by atoms with E-state index < -0.39 is 0 Å². The van der Waals surface area contributed by atoms with Gasteiger partial charge < -0.3 is 5.32 Å². The molecule has 0 amide bonds. The molecule has 1 aromatic carbocycles. The molecule has 1 nitrogen and oxygen atoms in total. The zero-order valence-electron chi connectivity index (χ0n) is 8.52. The van der Waals surface area contributed by atoms with Crippen molar-refractivity contribution in [3.63, 3.8) is 0 Å². The van der Waals surface area contributed by atoms with E-state index in [1.807, 2.05) is 12.1 Å². The highest BCUT2D eigenvalue weighted by atomic mass is 19.1. The third-order valence-corrected chi connectivity index (χ3v) is 3.00. The number of nitrogens with one attached hydrogen (secondary N) is 1. The van der Waals surface area contributed by atoms with E-state index in [2.05, 4.69) is 12.2 Å². The summed E-state index contributed by atoms with van der Waals surface area (Å²) in [5.74, 6) is -0.0811. The fourth-order valence-electron chi connectivity index (χ4n) is 2.17. The van der Waals surface area contributed by atoms with E-state index >= 15 is 0 Å². The van der Waals surface area contributed by atoms with Gasteiger partial charge in [0, 0.05) is 5.54 Å². The molecule has 1 atom stereocenters. The minimum Gasteiger partial charge on any atom is -0.311 e. The first-order valence-corrected chi connectivity index (χ1v) is 5.18. The van der Waals surface area contributed by atoms with Crippen LogP contribution in [0, 0.1) is 5.82 Å². The molecule has 14 heavy (non-hydrogen) atoms. The molecule has 2 heteroatoms. The third kappa shape index (κ3) is 1.95. The number of halogens is 1. The summed E-state index contributed by atoms with van der Waals surface area (Å²) >= 11 is 0. The summed E-state index contributed by atoms with van der Waals surface area (Å²) < 4.78 is 13.4. The molecule has 0 aromatic heterocycles. The van der Waals surface area contributed by atoms with Crippen LogP contribution >= 0.6 is 0 Å². The fraction of sp³-hybridized carbons (Fsp3) is 0.500. The minimum atomic E-state index is -0.0811. The monoisotopic (exact) mass is 193 g/mol. The summed E-state index contributed by atoms with van der Waals surface area (Å²) in [7, 11) is 0. The molecule has 0 spiro atoms. The quantitative estimate of drug-likeness (QED) is 0.761. The van der Waals surface area contributed by atoms with Crippen LogP contribution in [0.4, 0.5) is 4.39 Å². The summed E-state index contributed by atoms with van der Waals surface area (Å²) in [6.45, 7) is 3.23. The van der Waals surface area contributed by atoms with E-state index in [0.717, 1.165) is 24.9 Å². The molecule has 0 radical (unpaired) electrons. The predicted octanol–water partition coefficient (Wildman–Crippen LogP) is 2.51. The molecule has 0 unspecified atom stereocenters. The Balaban J connectivity index is 2.14. The topological polar surface area (TPSA) is 12.0 Å². The second kappa shape index (κ2) is 3.70.